The van der Waals surface area contributed by atoms with Crippen LogP contribution in [0, 0.1) is 11.8 Å². The highest BCUT2D eigenvalue weighted by Crippen LogP contribution is 2.66. The first-order valence-electron chi connectivity index (χ1n) is 9.51. The van der Waals surface area contributed by atoms with Crippen LogP contribution in [0.1, 0.15) is 31.0 Å². The summed E-state index contributed by atoms with van der Waals surface area (Å²) in [4.78, 5) is 28.7. The predicted octanol–water partition coefficient (Wildman–Crippen LogP) is 3.74. The van der Waals surface area contributed by atoms with Crippen molar-refractivity contribution in [1.82, 2.24) is 4.90 Å². The van der Waals surface area contributed by atoms with Crippen LogP contribution in [0.25, 0.3) is 0 Å². The second-order valence-corrected chi connectivity index (χ2v) is 8.91. The number of fused-ring (bicyclic) bond motifs is 5. The molecule has 1 fully saturated rings. The average Bonchev–Trinajstić information content (AvgIpc) is 3.06. The SMILES string of the molecule is CCSC12c3ccccc3C(C(C(=O)N(C=O)c3ccc(O)cc3)C1C)N2C. The molecule has 1 saturated heterocycles. The summed E-state index contributed by atoms with van der Waals surface area (Å²) in [7, 11) is 2.09. The van der Waals surface area contributed by atoms with E-state index in [1.54, 1.807) is 12.1 Å². The van der Waals surface area contributed by atoms with Gasteiger partial charge in [0.25, 0.3) is 0 Å². The van der Waals surface area contributed by atoms with Crippen molar-refractivity contribution in [3.05, 3.63) is 59.7 Å². The number of rotatable bonds is 5. The molecule has 4 unspecified atom stereocenters. The summed E-state index contributed by atoms with van der Waals surface area (Å²) in [6, 6.07) is 14.4. The average molecular weight is 397 g/mol. The van der Waals surface area contributed by atoms with Gasteiger partial charge in [0, 0.05) is 12.0 Å². The molecule has 5 nitrogen and oxygen atoms in total. The van der Waals surface area contributed by atoms with Crippen molar-refractivity contribution in [1.29, 1.82) is 0 Å². The maximum Gasteiger partial charge on any atom is 0.238 e. The monoisotopic (exact) mass is 396 g/mol. The highest BCUT2D eigenvalue weighted by atomic mass is 32.2. The first kappa shape index (κ1) is 19.0. The predicted molar refractivity (Wildman–Crippen MR) is 111 cm³/mol. The Morgan fingerprint density at radius 1 is 1.25 bits per heavy atom. The number of aromatic hydroxyl groups is 1. The summed E-state index contributed by atoms with van der Waals surface area (Å²) in [6.07, 6.45) is 0.582. The van der Waals surface area contributed by atoms with E-state index in [9.17, 15) is 14.7 Å². The summed E-state index contributed by atoms with van der Waals surface area (Å²) >= 11 is 1.86. The lowest BCUT2D eigenvalue weighted by molar-refractivity contribution is -0.126. The minimum atomic E-state index is -0.321. The van der Waals surface area contributed by atoms with Crippen molar-refractivity contribution in [2.24, 2.45) is 11.8 Å². The molecule has 0 saturated carbocycles. The van der Waals surface area contributed by atoms with Crippen molar-refractivity contribution in [2.45, 2.75) is 24.8 Å². The van der Waals surface area contributed by atoms with E-state index in [4.69, 9.17) is 0 Å². The molecule has 2 heterocycles. The van der Waals surface area contributed by atoms with Crippen LogP contribution in [-0.4, -0.2) is 35.1 Å². The number of thioether (sulfide) groups is 1. The number of anilines is 1. The number of phenols is 1. The van der Waals surface area contributed by atoms with Crippen LogP contribution in [-0.2, 0) is 14.5 Å². The molecule has 28 heavy (non-hydrogen) atoms. The van der Waals surface area contributed by atoms with Crippen molar-refractivity contribution in [3.63, 3.8) is 0 Å². The van der Waals surface area contributed by atoms with Crippen LogP contribution in [0.5, 0.6) is 5.75 Å². The topological polar surface area (TPSA) is 60.9 Å². The Labute approximate surface area is 169 Å². The van der Waals surface area contributed by atoms with Crippen LogP contribution in [0.4, 0.5) is 5.69 Å². The molecule has 4 rings (SSSR count). The number of benzene rings is 2. The second kappa shape index (κ2) is 6.94. The molecule has 0 aromatic heterocycles. The van der Waals surface area contributed by atoms with Gasteiger partial charge in [-0.3, -0.25) is 19.4 Å². The van der Waals surface area contributed by atoms with E-state index in [2.05, 4.69) is 44.0 Å². The Balaban J connectivity index is 1.78. The summed E-state index contributed by atoms with van der Waals surface area (Å²) < 4.78 is 0. The van der Waals surface area contributed by atoms with Gasteiger partial charge in [-0.1, -0.05) is 38.1 Å². The van der Waals surface area contributed by atoms with E-state index in [1.165, 1.54) is 28.2 Å². The third-order valence-corrected chi connectivity index (χ3v) is 7.83. The molecule has 4 atom stereocenters. The zero-order valence-corrected chi connectivity index (χ0v) is 17.0. The minimum absolute atomic E-state index is 0.0504. The molecule has 2 aliphatic heterocycles. The molecule has 0 aliphatic carbocycles. The molecule has 6 heteroatoms. The standard InChI is InChI=1S/C22H24N2O3S/c1-4-28-22-14(2)19(20(23(22)3)17-7-5-6-8-18(17)22)21(27)24(13-25)15-9-11-16(26)12-10-15/h5-14,19-20,26H,4H2,1-3H3. The fourth-order valence-electron chi connectivity index (χ4n) is 5.10. The largest absolute Gasteiger partial charge is 0.508 e. The van der Waals surface area contributed by atoms with Crippen molar-refractivity contribution < 1.29 is 14.7 Å². The van der Waals surface area contributed by atoms with Gasteiger partial charge in [-0.15, -0.1) is 11.8 Å². The number of carbonyl (C=O) groups is 2. The van der Waals surface area contributed by atoms with Gasteiger partial charge >= 0.3 is 0 Å². The van der Waals surface area contributed by atoms with Crippen molar-refractivity contribution in [2.75, 3.05) is 17.7 Å². The van der Waals surface area contributed by atoms with Crippen molar-refractivity contribution in [3.8, 4) is 5.75 Å². The minimum Gasteiger partial charge on any atom is -0.508 e. The van der Waals surface area contributed by atoms with Gasteiger partial charge < -0.3 is 5.11 Å². The Morgan fingerprint density at radius 2 is 1.93 bits per heavy atom. The third-order valence-electron chi connectivity index (χ3n) is 6.22. The van der Waals surface area contributed by atoms with Gasteiger partial charge in [0.05, 0.1) is 16.5 Å². The third kappa shape index (κ3) is 2.44. The number of phenolic OH excluding ortho intramolecular Hbond substituents is 1. The van der Waals surface area contributed by atoms with Crippen LogP contribution in [0.2, 0.25) is 0 Å². The van der Waals surface area contributed by atoms with E-state index >= 15 is 0 Å². The van der Waals surface area contributed by atoms with Crippen LogP contribution >= 0.6 is 11.8 Å². The molecule has 2 aromatic rings. The molecule has 1 N–H and O–H groups in total. The number of nitrogens with zero attached hydrogens (tertiary/aromatic N) is 2. The van der Waals surface area contributed by atoms with Crippen LogP contribution < -0.4 is 4.90 Å². The number of hydrogen-bond donors (Lipinski definition) is 1. The van der Waals surface area contributed by atoms with Gasteiger partial charge in [-0.05, 0) is 48.2 Å². The first-order chi connectivity index (χ1) is 13.5. The van der Waals surface area contributed by atoms with Crippen LogP contribution in [0.15, 0.2) is 48.5 Å². The number of amides is 2. The number of hydrogen-bond acceptors (Lipinski definition) is 5. The first-order valence-corrected chi connectivity index (χ1v) is 10.5. The van der Waals surface area contributed by atoms with E-state index in [0.717, 1.165) is 5.75 Å². The lowest BCUT2D eigenvalue weighted by Gasteiger charge is -2.38. The van der Waals surface area contributed by atoms with Crippen LogP contribution in [0.3, 0.4) is 0 Å². The van der Waals surface area contributed by atoms with E-state index < -0.39 is 0 Å². The molecular weight excluding hydrogens is 372 g/mol. The fourth-order valence-corrected chi connectivity index (χ4v) is 6.61. The lowest BCUT2D eigenvalue weighted by atomic mass is 9.75. The van der Waals surface area contributed by atoms with E-state index in [0.29, 0.717) is 12.1 Å². The highest BCUT2D eigenvalue weighted by Gasteiger charge is 2.65. The Morgan fingerprint density at radius 3 is 2.57 bits per heavy atom. The summed E-state index contributed by atoms with van der Waals surface area (Å²) in [5.74, 6) is 0.569. The summed E-state index contributed by atoms with van der Waals surface area (Å²) in [5, 5.41) is 9.52. The van der Waals surface area contributed by atoms with E-state index in [-0.39, 0.29) is 34.4 Å². The van der Waals surface area contributed by atoms with Gasteiger partial charge in [0.2, 0.25) is 12.3 Å². The van der Waals surface area contributed by atoms with Gasteiger partial charge in [0.15, 0.2) is 0 Å². The Bertz CT molecular complexity index is 916. The molecule has 0 spiro atoms. The Hall–Kier alpha value is -2.31. The van der Waals surface area contributed by atoms with Gasteiger partial charge in [-0.25, -0.2) is 0 Å². The zero-order chi connectivity index (χ0) is 20.1. The zero-order valence-electron chi connectivity index (χ0n) is 16.2. The fraction of sp³-hybridized carbons (Fsp3) is 0.364. The molecule has 2 bridgehead atoms. The maximum absolute atomic E-state index is 13.6. The molecule has 2 aliphatic rings. The number of imide groups is 1. The lowest BCUT2D eigenvalue weighted by Crippen LogP contribution is -2.42. The second-order valence-electron chi connectivity index (χ2n) is 7.42. The summed E-state index contributed by atoms with van der Waals surface area (Å²) in [6.45, 7) is 4.26. The highest BCUT2D eigenvalue weighted by molar-refractivity contribution is 8.00. The molecule has 0 radical (unpaired) electrons. The summed E-state index contributed by atoms with van der Waals surface area (Å²) in [5.41, 5.74) is 2.94. The smallest absolute Gasteiger partial charge is 0.238 e. The quantitative estimate of drug-likeness (QED) is 0.780. The molecular formula is C22H24N2O3S. The maximum atomic E-state index is 13.6. The molecule has 146 valence electrons. The molecule has 2 aromatic carbocycles. The molecule has 2 amide bonds. The van der Waals surface area contributed by atoms with Crippen molar-refractivity contribution >= 4 is 29.8 Å². The van der Waals surface area contributed by atoms with Gasteiger partial charge in [-0.2, -0.15) is 0 Å². The van der Waals surface area contributed by atoms with E-state index in [1.807, 2.05) is 17.8 Å². The van der Waals surface area contributed by atoms with Gasteiger partial charge in [0.1, 0.15) is 5.75 Å². The Kier molecular flexibility index (Phi) is 4.71. The number of carbonyl (C=O) groups excluding carboxylic acids is 2. The normalized spacial score (nSPS) is 28.2.